The van der Waals surface area contributed by atoms with Crippen molar-refractivity contribution in [3.8, 4) is 11.5 Å². The number of amides is 5. The number of nitrogens with zero attached hydrogens (tertiary/aromatic N) is 6. The zero-order valence-corrected chi connectivity index (χ0v) is 33.1. The number of carbonyl (C=O) groups is 3. The molecule has 1 unspecified atom stereocenters. The van der Waals surface area contributed by atoms with Crippen LogP contribution in [-0.4, -0.2) is 133 Å². The highest BCUT2D eigenvalue weighted by atomic mass is 32.2. The topological polar surface area (TPSA) is 311 Å². The number of aliphatic hydroxyl groups is 3. The zero-order valence-electron chi connectivity index (χ0n) is 32.2. The summed E-state index contributed by atoms with van der Waals surface area (Å²) in [7, 11) is -3.91. The molecule has 0 radical (unpaired) electrons. The monoisotopic (exact) mass is 857 g/mol. The van der Waals surface area contributed by atoms with Gasteiger partial charge in [-0.2, -0.15) is 9.97 Å². The fraction of sp³-hybridized carbons (Fsp3) is 0.333. The fourth-order valence-electron chi connectivity index (χ4n) is 8.10. The molecule has 0 spiro atoms. The molecule has 22 heteroatoms. The number of phenolic OH excluding ortho intramolecular Hbond substituents is 2. The molecule has 2 saturated heterocycles. The molecule has 5 aromatic rings. The molecule has 1 aliphatic carbocycles. The summed E-state index contributed by atoms with van der Waals surface area (Å²) in [5.74, 6) is -0.302. The number of sulfonamides is 1. The third-order valence-electron chi connectivity index (χ3n) is 11.3. The molecule has 4 heterocycles. The Balaban J connectivity index is 1.09. The second-order valence-electron chi connectivity index (χ2n) is 15.2. The number of primary sulfonamides is 1. The molecule has 8 rings (SSSR count). The standard InChI is InChI=1S/C39H43N11O10S/c40-61(59,60)26-11-5-22(6-12-26)43-38(57)44-23-13-14-48(17-23)37-46-34(41-16-27(20-1-7-24(52)8-2-20)21-3-9-25(53)10-4-21)31-35(47-37)49(19-42-31)29-15-30(33(55)32(29)54)50-36(56)28(18-51)45-39(50)58/h1-12,19,23,27-30,32-33,51-55H,13-18H2,(H,45,58)(H2,40,59,60)(H,41,46,47)(H2,43,44,57)/t23?,28-,29-,30+,32+,33-/m1/s1. The second-order valence-corrected chi connectivity index (χ2v) is 16.7. The molecule has 3 fully saturated rings. The van der Waals surface area contributed by atoms with Crippen LogP contribution in [-0.2, 0) is 14.8 Å². The van der Waals surface area contributed by atoms with Crippen molar-refractivity contribution in [1.82, 2.24) is 35.1 Å². The van der Waals surface area contributed by atoms with E-state index in [1.165, 1.54) is 30.6 Å². The lowest BCUT2D eigenvalue weighted by molar-refractivity contribution is -0.131. The largest absolute Gasteiger partial charge is 0.508 e. The Morgan fingerprint density at radius 2 is 1.56 bits per heavy atom. The van der Waals surface area contributed by atoms with Gasteiger partial charge in [-0.15, -0.1) is 0 Å². The van der Waals surface area contributed by atoms with Crippen molar-refractivity contribution in [3.63, 3.8) is 0 Å². The smallest absolute Gasteiger partial charge is 0.325 e. The van der Waals surface area contributed by atoms with E-state index >= 15 is 0 Å². The second kappa shape index (κ2) is 16.5. The molecule has 11 N–H and O–H groups in total. The predicted octanol–water partition coefficient (Wildman–Crippen LogP) is 0.477. The molecule has 1 saturated carbocycles. The molecule has 6 atom stereocenters. The SMILES string of the molecule is NS(=O)(=O)c1ccc(NC(=O)NC2CCN(c3nc(NCC(c4ccc(O)cc4)c4ccc(O)cc4)c4ncn([C@@H]5C[C@H](N6C(=O)N[C@H](CO)C6=O)[C@@H](O)[C@H]5O)c4n3)C2)cc1. The van der Waals surface area contributed by atoms with Crippen LogP contribution in [0.5, 0.6) is 11.5 Å². The Morgan fingerprint density at radius 3 is 2.16 bits per heavy atom. The third kappa shape index (κ3) is 8.30. The van der Waals surface area contributed by atoms with Gasteiger partial charge >= 0.3 is 12.1 Å². The van der Waals surface area contributed by atoms with Gasteiger partial charge < -0.3 is 56.3 Å². The number of carbonyl (C=O) groups excluding carboxylic acids is 3. The highest BCUT2D eigenvalue weighted by Gasteiger charge is 2.52. The Labute approximate surface area is 347 Å². The molecular weight excluding hydrogens is 815 g/mol. The number of nitrogens with one attached hydrogen (secondary N) is 4. The molecule has 61 heavy (non-hydrogen) atoms. The number of phenols is 2. The van der Waals surface area contributed by atoms with E-state index in [4.69, 9.17) is 15.1 Å². The lowest BCUT2D eigenvalue weighted by atomic mass is 9.91. The Hall–Kier alpha value is -6.59. The van der Waals surface area contributed by atoms with Crippen LogP contribution in [0.4, 0.5) is 27.0 Å². The van der Waals surface area contributed by atoms with E-state index in [0.29, 0.717) is 30.0 Å². The number of aromatic hydroxyl groups is 2. The molecule has 5 amide bonds. The van der Waals surface area contributed by atoms with E-state index in [-0.39, 0.29) is 59.5 Å². The number of nitrogens with two attached hydrogens (primary N) is 1. The maximum atomic E-state index is 13.0. The summed E-state index contributed by atoms with van der Waals surface area (Å²) in [5, 5.41) is 68.8. The third-order valence-corrected chi connectivity index (χ3v) is 12.2. The molecule has 3 aliphatic rings. The number of imidazole rings is 1. The van der Waals surface area contributed by atoms with Crippen molar-refractivity contribution in [2.45, 2.75) is 60.0 Å². The minimum absolute atomic E-state index is 0.0629. The van der Waals surface area contributed by atoms with E-state index in [1.54, 1.807) is 53.1 Å². The first kappa shape index (κ1) is 41.2. The fourth-order valence-corrected chi connectivity index (χ4v) is 8.61. The molecule has 2 aliphatic heterocycles. The van der Waals surface area contributed by atoms with Crippen LogP contribution in [0.3, 0.4) is 0 Å². The van der Waals surface area contributed by atoms with E-state index in [0.717, 1.165) is 16.0 Å². The van der Waals surface area contributed by atoms with E-state index in [2.05, 4.69) is 26.3 Å². The van der Waals surface area contributed by atoms with Gasteiger partial charge in [-0.3, -0.25) is 9.69 Å². The number of hydrogen-bond acceptors (Lipinski definition) is 15. The molecule has 320 valence electrons. The Bertz CT molecular complexity index is 2510. The summed E-state index contributed by atoms with van der Waals surface area (Å²) < 4.78 is 24.8. The van der Waals surface area contributed by atoms with Crippen molar-refractivity contribution < 1.29 is 48.3 Å². The van der Waals surface area contributed by atoms with E-state index in [9.17, 15) is 48.3 Å². The first-order chi connectivity index (χ1) is 29.2. The number of aromatic nitrogens is 4. The normalized spacial score (nSPS) is 22.9. The predicted molar refractivity (Wildman–Crippen MR) is 218 cm³/mol. The van der Waals surface area contributed by atoms with Gasteiger partial charge in [-0.05, 0) is 72.5 Å². The number of rotatable bonds is 12. The number of anilines is 3. The summed E-state index contributed by atoms with van der Waals surface area (Å²) in [6, 6.07) is 14.0. The van der Waals surface area contributed by atoms with Gasteiger partial charge in [0.05, 0.1) is 29.9 Å². The van der Waals surface area contributed by atoms with Crippen LogP contribution in [0.15, 0.2) is 84.0 Å². The van der Waals surface area contributed by atoms with Gasteiger partial charge in [-0.1, -0.05) is 24.3 Å². The summed E-state index contributed by atoms with van der Waals surface area (Å²) >= 11 is 0. The van der Waals surface area contributed by atoms with Gasteiger partial charge in [0.25, 0.3) is 5.91 Å². The average molecular weight is 858 g/mol. The van der Waals surface area contributed by atoms with Crippen LogP contribution in [0, 0.1) is 0 Å². The maximum absolute atomic E-state index is 13.0. The molecule has 0 bridgehead atoms. The van der Waals surface area contributed by atoms with Crippen LogP contribution >= 0.6 is 0 Å². The lowest BCUT2D eigenvalue weighted by Gasteiger charge is -2.24. The van der Waals surface area contributed by atoms with Gasteiger partial charge in [0.15, 0.2) is 17.0 Å². The van der Waals surface area contributed by atoms with Crippen molar-refractivity contribution in [2.24, 2.45) is 5.14 Å². The van der Waals surface area contributed by atoms with Gasteiger partial charge in [0, 0.05) is 37.3 Å². The van der Waals surface area contributed by atoms with Crippen LogP contribution < -0.4 is 31.3 Å². The van der Waals surface area contributed by atoms with Crippen molar-refractivity contribution >= 4 is 56.6 Å². The zero-order chi connectivity index (χ0) is 43.2. The van der Waals surface area contributed by atoms with Crippen LogP contribution in [0.1, 0.15) is 35.9 Å². The number of benzene rings is 3. The molecular formula is C39H43N11O10S. The van der Waals surface area contributed by atoms with Crippen LogP contribution in [0.25, 0.3) is 11.2 Å². The molecule has 21 nitrogen and oxygen atoms in total. The van der Waals surface area contributed by atoms with E-state index < -0.39 is 64.9 Å². The number of imide groups is 1. The summed E-state index contributed by atoms with van der Waals surface area (Å²) in [4.78, 5) is 55.7. The maximum Gasteiger partial charge on any atom is 0.325 e. The highest BCUT2D eigenvalue weighted by Crippen LogP contribution is 2.38. The average Bonchev–Trinajstić information content (AvgIpc) is 4.01. The Morgan fingerprint density at radius 1 is 0.918 bits per heavy atom. The first-order valence-electron chi connectivity index (χ1n) is 19.3. The number of hydrogen-bond donors (Lipinski definition) is 10. The van der Waals surface area contributed by atoms with Crippen molar-refractivity contribution in [2.75, 3.05) is 41.8 Å². The van der Waals surface area contributed by atoms with Gasteiger partial charge in [0.1, 0.15) is 29.7 Å². The Kier molecular flexibility index (Phi) is 11.1. The molecule has 3 aromatic carbocycles. The lowest BCUT2D eigenvalue weighted by Crippen LogP contribution is -2.47. The highest BCUT2D eigenvalue weighted by molar-refractivity contribution is 7.89. The first-order valence-corrected chi connectivity index (χ1v) is 20.8. The number of aliphatic hydroxyl groups excluding tert-OH is 3. The van der Waals surface area contributed by atoms with Crippen LogP contribution in [0.2, 0.25) is 0 Å². The van der Waals surface area contributed by atoms with Gasteiger partial charge in [0.2, 0.25) is 16.0 Å². The minimum atomic E-state index is -3.91. The quantitative estimate of drug-likeness (QED) is 0.0763. The molecule has 2 aromatic heterocycles. The van der Waals surface area contributed by atoms with E-state index in [1.807, 2.05) is 4.90 Å². The number of fused-ring (bicyclic) bond motifs is 1. The minimum Gasteiger partial charge on any atom is -0.508 e. The van der Waals surface area contributed by atoms with Crippen molar-refractivity contribution in [3.05, 3.63) is 90.3 Å². The number of urea groups is 2. The summed E-state index contributed by atoms with van der Waals surface area (Å²) in [6.07, 6.45) is -1.12. The summed E-state index contributed by atoms with van der Waals surface area (Å²) in [5.41, 5.74) is 2.60. The van der Waals surface area contributed by atoms with Gasteiger partial charge in [-0.25, -0.2) is 28.1 Å². The van der Waals surface area contributed by atoms with Crippen molar-refractivity contribution in [1.29, 1.82) is 0 Å². The summed E-state index contributed by atoms with van der Waals surface area (Å²) in [6.45, 7) is 0.321.